The molecule has 1 fully saturated rings. The molecule has 0 spiro atoms. The molecule has 1 aliphatic rings. The number of nitrogens with zero attached hydrogens (tertiary/aromatic N) is 4. The van der Waals surface area contributed by atoms with E-state index in [-0.39, 0.29) is 101 Å². The van der Waals surface area contributed by atoms with E-state index in [0.717, 1.165) is 4.90 Å². The van der Waals surface area contributed by atoms with Gasteiger partial charge in [-0.15, -0.1) is 0 Å². The summed E-state index contributed by atoms with van der Waals surface area (Å²) >= 11 is 0. The van der Waals surface area contributed by atoms with Crippen LogP contribution in [0.3, 0.4) is 0 Å². The normalized spacial score (nSPS) is 16.0. The number of aromatic amines is 1. The minimum atomic E-state index is -1.83. The highest BCUT2D eigenvalue weighted by molar-refractivity contribution is 6.01. The number of imidazole rings is 1. The molecule has 1 aliphatic heterocycles. The molecule has 0 bridgehead atoms. The van der Waals surface area contributed by atoms with Crippen LogP contribution in [-0.4, -0.2) is 278 Å². The van der Waals surface area contributed by atoms with Gasteiger partial charge >= 0.3 is 5.97 Å². The number of nitrogens with two attached hydrogens (primary N) is 7. The molecule has 2 aromatic rings. The van der Waals surface area contributed by atoms with Crippen molar-refractivity contribution in [1.82, 2.24) is 84.0 Å². The first-order valence-electron chi connectivity index (χ1n) is 38.8. The summed E-state index contributed by atoms with van der Waals surface area (Å²) in [6, 6.07) is -13.5. The number of hydrogen-bond donors (Lipinski definition) is 25. The number of carbonyl (C=O) groups is 17. The quantitative estimate of drug-likeness (QED) is 0.0166. The lowest BCUT2D eigenvalue weighted by molar-refractivity contribution is -0.149. The van der Waals surface area contributed by atoms with E-state index in [1.54, 1.807) is 58.0 Å². The Labute approximate surface area is 686 Å². The van der Waals surface area contributed by atoms with Crippen molar-refractivity contribution in [3.05, 3.63) is 54.1 Å². The van der Waals surface area contributed by atoms with Gasteiger partial charge in [0.15, 0.2) is 11.9 Å². The first kappa shape index (κ1) is 101. The number of likely N-dealkylation sites (tertiary alicyclic amines) is 1. The van der Waals surface area contributed by atoms with Gasteiger partial charge in [0.1, 0.15) is 84.6 Å². The minimum Gasteiger partial charge on any atom is -0.480 e. The topological polar surface area (TPSA) is 766 Å². The van der Waals surface area contributed by atoms with Crippen molar-refractivity contribution in [3.8, 4) is 0 Å². The van der Waals surface area contributed by atoms with Crippen molar-refractivity contribution in [3.63, 3.8) is 0 Å². The third-order valence-electron chi connectivity index (χ3n) is 18.4. The van der Waals surface area contributed by atoms with Gasteiger partial charge in [-0.2, -0.15) is 0 Å². The Morgan fingerprint density at radius 3 is 1.45 bits per heavy atom. The molecular formula is C73H119N25O21. The Balaban J connectivity index is 1.90. The number of aliphatic hydroxyl groups excluding tert-OH is 3. The number of aliphatic hydroxyl groups is 3. The summed E-state index contributed by atoms with van der Waals surface area (Å²) in [6.07, 6.45) is -1.12. The number of guanidine groups is 2. The van der Waals surface area contributed by atoms with Gasteiger partial charge in [-0.05, 0) is 95.0 Å². The Bertz CT molecular complexity index is 3840. The number of nitrogens with one attached hydrogen (secondary N) is 14. The van der Waals surface area contributed by atoms with E-state index in [1.165, 1.54) is 40.2 Å². The summed E-state index contributed by atoms with van der Waals surface area (Å²) in [5.41, 5.74) is 39.6. The number of aromatic nitrogens is 2. The third-order valence-corrected chi connectivity index (χ3v) is 18.4. The van der Waals surface area contributed by atoms with E-state index >= 15 is 0 Å². The molecule has 1 saturated heterocycles. The molecule has 0 aliphatic carbocycles. The molecule has 16 amide bonds. The summed E-state index contributed by atoms with van der Waals surface area (Å²) in [5, 5.41) is 71.6. The van der Waals surface area contributed by atoms with Crippen LogP contribution < -0.4 is 109 Å². The Morgan fingerprint density at radius 2 is 0.966 bits per heavy atom. The number of primary amides is 2. The van der Waals surface area contributed by atoms with Crippen LogP contribution in [0.5, 0.6) is 0 Å². The molecule has 46 nitrogen and oxygen atoms in total. The number of hydrogen-bond acceptors (Lipinski definition) is 24. The number of aliphatic imine (C=N–C) groups is 2. The number of carbonyl (C=O) groups excluding carboxylic acids is 16. The van der Waals surface area contributed by atoms with Crippen molar-refractivity contribution < 1.29 is 102 Å². The second-order valence-corrected chi connectivity index (χ2v) is 29.8. The maximum atomic E-state index is 14.7. The van der Waals surface area contributed by atoms with Gasteiger partial charge in [-0.25, -0.2) is 9.78 Å². The van der Waals surface area contributed by atoms with Crippen molar-refractivity contribution in [1.29, 1.82) is 0 Å². The summed E-state index contributed by atoms with van der Waals surface area (Å²) in [6.45, 7) is 9.22. The molecule has 1 aromatic heterocycles. The average Bonchev–Trinajstić information content (AvgIpc) is 1.75. The molecule has 1 aromatic carbocycles. The van der Waals surface area contributed by atoms with Crippen LogP contribution in [0.2, 0.25) is 0 Å². The lowest BCUT2D eigenvalue weighted by Gasteiger charge is -2.29. The largest absolute Gasteiger partial charge is 0.480 e. The fraction of sp³-hybridized carbons (Fsp3) is 0.616. The number of H-pyrrole nitrogens is 1. The van der Waals surface area contributed by atoms with Gasteiger partial charge in [-0.3, -0.25) is 86.7 Å². The SMILES string of the molecule is CC(C)C[C@H](NC(=O)[C@H](Cc1ccccc1)NC(=O)CNC(=O)[C@H](CCCN=C(N)N)NC(=O)[C@H](CC(N)=O)NC(=O)[C@@H](NC(=O)[C@H](CO)NC(=O)[C@@H](N)[C@@H](C)O)C(C)C)C(=O)N[C@@H](CC(C)C)C(=O)N[C@@H](CCC(N)=O)C(=O)N[C@@H](CCCN=C(N)N)C(=O)N[C@@H](C)C(=O)N[C@@H](CO)C(=O)N[C@@H](Cc1cnc[nH]1)C(=O)N1CCC[C@H]1C(=O)O. The van der Waals surface area contributed by atoms with E-state index in [1.807, 2.05) is 0 Å². The molecule has 0 saturated carbocycles. The van der Waals surface area contributed by atoms with Gasteiger partial charge in [0.2, 0.25) is 94.5 Å². The monoisotopic (exact) mass is 1680 g/mol. The molecule has 0 radical (unpaired) electrons. The van der Waals surface area contributed by atoms with Crippen LogP contribution >= 0.6 is 0 Å². The molecule has 0 unspecified atom stereocenters. The van der Waals surface area contributed by atoms with E-state index < -0.39 is 236 Å². The summed E-state index contributed by atoms with van der Waals surface area (Å²) in [5.74, 6) is -19.6. The number of amides is 16. The molecule has 46 heteroatoms. The first-order valence-corrected chi connectivity index (χ1v) is 38.8. The number of carboxylic acids is 1. The zero-order valence-electron chi connectivity index (χ0n) is 67.9. The Hall–Kier alpha value is -12.2. The zero-order chi connectivity index (χ0) is 89.5. The van der Waals surface area contributed by atoms with Crippen LogP contribution in [0.15, 0.2) is 52.8 Å². The van der Waals surface area contributed by atoms with Crippen molar-refractivity contribution in [2.45, 2.75) is 230 Å². The highest BCUT2D eigenvalue weighted by Crippen LogP contribution is 2.21. The molecule has 2 heterocycles. The Morgan fingerprint density at radius 1 is 0.513 bits per heavy atom. The van der Waals surface area contributed by atoms with Crippen LogP contribution in [0.25, 0.3) is 0 Å². The zero-order valence-corrected chi connectivity index (χ0v) is 67.9. The summed E-state index contributed by atoms with van der Waals surface area (Å²) in [7, 11) is 0. The van der Waals surface area contributed by atoms with E-state index in [2.05, 4.69) is 89.1 Å². The number of rotatable bonds is 53. The third kappa shape index (κ3) is 36.5. The van der Waals surface area contributed by atoms with E-state index in [9.17, 15) is 102 Å². The number of aliphatic carboxylic acids is 1. The van der Waals surface area contributed by atoms with Crippen molar-refractivity contribution >= 4 is 112 Å². The van der Waals surface area contributed by atoms with Crippen LogP contribution in [0, 0.1) is 17.8 Å². The maximum absolute atomic E-state index is 14.7. The fourth-order valence-electron chi connectivity index (χ4n) is 12.1. The Kier molecular flexibility index (Phi) is 43.4. The van der Waals surface area contributed by atoms with Gasteiger partial charge in [0.25, 0.3) is 0 Å². The van der Waals surface area contributed by atoms with Crippen LogP contribution in [0.1, 0.15) is 137 Å². The van der Waals surface area contributed by atoms with Crippen LogP contribution in [-0.2, 0) is 94.3 Å². The predicted molar refractivity (Wildman–Crippen MR) is 426 cm³/mol. The summed E-state index contributed by atoms with van der Waals surface area (Å²) < 4.78 is 0. The van der Waals surface area contributed by atoms with Crippen molar-refractivity contribution in [2.24, 2.45) is 67.9 Å². The van der Waals surface area contributed by atoms with E-state index in [0.29, 0.717) is 17.7 Å². The molecule has 3 rings (SSSR count). The minimum absolute atomic E-state index is 0.00248. The molecule has 662 valence electrons. The smallest absolute Gasteiger partial charge is 0.326 e. The fourth-order valence-corrected chi connectivity index (χ4v) is 12.1. The summed E-state index contributed by atoms with van der Waals surface area (Å²) in [4.78, 5) is 248. The second kappa shape index (κ2) is 51.1. The van der Waals surface area contributed by atoms with Gasteiger partial charge in [-0.1, -0.05) is 71.9 Å². The molecule has 32 N–H and O–H groups in total. The highest BCUT2D eigenvalue weighted by atomic mass is 16.4. The first-order chi connectivity index (χ1) is 56.0. The van der Waals surface area contributed by atoms with Gasteiger partial charge in [0, 0.05) is 50.8 Å². The van der Waals surface area contributed by atoms with Gasteiger partial charge < -0.3 is 140 Å². The van der Waals surface area contributed by atoms with Crippen LogP contribution in [0.4, 0.5) is 0 Å². The van der Waals surface area contributed by atoms with E-state index in [4.69, 9.17) is 40.1 Å². The predicted octanol–water partition coefficient (Wildman–Crippen LogP) is -10.1. The lowest BCUT2D eigenvalue weighted by Crippen LogP contribution is -2.61. The molecule has 119 heavy (non-hydrogen) atoms. The standard InChI is InChI=1S/C73H119N25O21/c1-35(2)25-45(62(109)90-44(20-21-53(74)102)61(108)89-43(18-13-23-83-73(79)80)60(107)86-38(7)58(105)95-50(32-99)66(113)94-49(28-41-30-81-34-85-41)70(117)98-24-14-19-52(98)71(118)119)91-63(110)46(26-36(3)4)92-64(111)47(27-40-15-10-9-11-16-40)87-55(104)31-84-59(106)42(17-12-22-82-72(77)78)88-65(112)48(29-54(75)103)93-69(116)57(37(5)6)97-67(114)51(33-100)96-68(115)56(76)39(8)101/h9-11,15-16,30,34-39,42-52,56-57,99-101H,12-14,17-29,31-33,76H2,1-8H3,(H2,74,102)(H2,75,103)(H,81,85)(H,84,106)(H,86,107)(H,87,104)(H,88,112)(H,89,108)(H,90,109)(H,91,110)(H,92,111)(H,93,116)(H,94,113)(H,95,105)(H,96,115)(H,97,114)(H,118,119)(H4,77,78,82)(H4,79,80,83)/t38-,39+,42-,43-,44-,45-,46-,47-,48-,49-,50-,51-,52-,56-,57-/m0/s1. The number of carboxylic acid groups (broad SMARTS) is 1. The number of benzene rings is 1. The molecular weight excluding hydrogens is 1560 g/mol. The highest BCUT2D eigenvalue weighted by Gasteiger charge is 2.41. The average molecular weight is 1680 g/mol. The second-order valence-electron chi connectivity index (χ2n) is 29.8. The van der Waals surface area contributed by atoms with Crippen molar-refractivity contribution in [2.75, 3.05) is 39.4 Å². The maximum Gasteiger partial charge on any atom is 0.326 e. The molecule has 15 atom stereocenters. The lowest BCUT2D eigenvalue weighted by atomic mass is 9.98. The van der Waals surface area contributed by atoms with Gasteiger partial charge in [0.05, 0.1) is 38.6 Å².